The number of rotatable bonds is 1. The van der Waals surface area contributed by atoms with Crippen molar-refractivity contribution in [1.29, 1.82) is 0 Å². The Hall–Kier alpha value is -0.590. The van der Waals surface area contributed by atoms with Crippen LogP contribution in [-0.4, -0.2) is 0 Å². The van der Waals surface area contributed by atoms with Crippen LogP contribution in [0.4, 0.5) is 4.39 Å². The molecule has 7 heavy (non-hydrogen) atoms. The van der Waals surface area contributed by atoms with Crippen LogP contribution in [-0.2, 0) is 0 Å². The third-order valence-corrected chi connectivity index (χ3v) is 0.502. The van der Waals surface area contributed by atoms with E-state index in [0.717, 1.165) is 5.57 Å². The molecule has 0 aromatic rings. The molecular weight excluding hydrogens is 91.1 g/mol. The Morgan fingerprint density at radius 1 is 1.43 bits per heavy atom. The van der Waals surface area contributed by atoms with Crippen molar-refractivity contribution in [2.45, 2.75) is 13.8 Å². The topological polar surface area (TPSA) is 0 Å². The predicted octanol–water partition coefficient (Wildman–Crippen LogP) is 2.44. The van der Waals surface area contributed by atoms with Gasteiger partial charge in [0.1, 0.15) is 0 Å². The van der Waals surface area contributed by atoms with Gasteiger partial charge in [-0.15, -0.1) is 0 Å². The Labute approximate surface area is 43.4 Å². The van der Waals surface area contributed by atoms with Crippen molar-refractivity contribution in [1.82, 2.24) is 0 Å². The molecule has 40 valence electrons. The second-order valence-corrected chi connectivity index (χ2v) is 1.56. The van der Waals surface area contributed by atoms with Gasteiger partial charge in [-0.1, -0.05) is 11.6 Å². The van der Waals surface area contributed by atoms with Crippen LogP contribution in [0, 0.1) is 0 Å². The predicted molar refractivity (Wildman–Crippen MR) is 29.7 cm³/mol. The summed E-state index contributed by atoms with van der Waals surface area (Å²) in [5.41, 5.74) is 1.11. The maximum Gasteiger partial charge on any atom is 0.0866 e. The minimum Gasteiger partial charge on any atom is -0.216 e. The van der Waals surface area contributed by atoms with Crippen LogP contribution in [0.25, 0.3) is 0 Å². The minimum absolute atomic E-state index is 0.521. The third-order valence-electron chi connectivity index (χ3n) is 0.502. The third kappa shape index (κ3) is 5.41. The first-order valence-electron chi connectivity index (χ1n) is 2.17. The molecule has 1 heteroatoms. The fourth-order valence-electron chi connectivity index (χ4n) is 0.229. The summed E-state index contributed by atoms with van der Waals surface area (Å²) in [5.74, 6) is 0. The smallest absolute Gasteiger partial charge is 0.0866 e. The highest BCUT2D eigenvalue weighted by atomic mass is 19.1. The van der Waals surface area contributed by atoms with Gasteiger partial charge in [-0.25, -0.2) is 4.39 Å². The number of hydrogen-bond donors (Lipinski definition) is 0. The SMILES string of the molecule is CC(C)=C/C=C\F. The van der Waals surface area contributed by atoms with Gasteiger partial charge in [0.2, 0.25) is 0 Å². The summed E-state index contributed by atoms with van der Waals surface area (Å²) in [4.78, 5) is 0. The van der Waals surface area contributed by atoms with E-state index in [4.69, 9.17) is 0 Å². The van der Waals surface area contributed by atoms with Gasteiger partial charge in [0.05, 0.1) is 6.33 Å². The molecule has 0 N–H and O–H groups in total. The molecular formula is C6H9F. The Bertz CT molecular complexity index is 86.4. The summed E-state index contributed by atoms with van der Waals surface area (Å²) in [6, 6.07) is 0. The molecule has 0 radical (unpaired) electrons. The molecule has 0 fully saturated rings. The zero-order chi connectivity index (χ0) is 5.70. The summed E-state index contributed by atoms with van der Waals surface area (Å²) in [6.45, 7) is 3.83. The molecule has 0 spiro atoms. The van der Waals surface area contributed by atoms with Crippen LogP contribution in [0.2, 0.25) is 0 Å². The molecule has 0 bridgehead atoms. The Morgan fingerprint density at radius 2 is 2.00 bits per heavy atom. The highest BCUT2D eigenvalue weighted by Crippen LogP contribution is 1.87. The summed E-state index contributed by atoms with van der Waals surface area (Å²) < 4.78 is 11.1. The Kier molecular flexibility index (Phi) is 3.29. The molecule has 0 aliphatic rings. The first-order valence-corrected chi connectivity index (χ1v) is 2.17. The summed E-state index contributed by atoms with van der Waals surface area (Å²) in [6.07, 6.45) is 3.60. The molecule has 0 aromatic heterocycles. The molecule has 0 heterocycles. The normalized spacial score (nSPS) is 9.57. The van der Waals surface area contributed by atoms with Gasteiger partial charge in [0.15, 0.2) is 0 Å². The molecule has 0 aliphatic carbocycles. The van der Waals surface area contributed by atoms with Crippen LogP contribution in [0.15, 0.2) is 24.1 Å². The summed E-state index contributed by atoms with van der Waals surface area (Å²) in [7, 11) is 0. The average Bonchev–Trinajstić information content (AvgIpc) is 1.61. The van der Waals surface area contributed by atoms with Crippen LogP contribution >= 0.6 is 0 Å². The van der Waals surface area contributed by atoms with E-state index >= 15 is 0 Å². The monoisotopic (exact) mass is 100 g/mol. The lowest BCUT2D eigenvalue weighted by Gasteiger charge is -1.77. The fraction of sp³-hybridized carbons (Fsp3) is 0.333. The number of halogens is 1. The van der Waals surface area contributed by atoms with Crippen LogP contribution in [0.1, 0.15) is 13.8 Å². The van der Waals surface area contributed by atoms with Crippen molar-refractivity contribution in [3.63, 3.8) is 0 Å². The second-order valence-electron chi connectivity index (χ2n) is 1.56. The van der Waals surface area contributed by atoms with E-state index in [1.807, 2.05) is 13.8 Å². The number of allylic oxidation sites excluding steroid dienone is 3. The lowest BCUT2D eigenvalue weighted by atomic mass is 10.3. The van der Waals surface area contributed by atoms with Gasteiger partial charge in [-0.2, -0.15) is 0 Å². The minimum atomic E-state index is 0.521. The van der Waals surface area contributed by atoms with Crippen molar-refractivity contribution in [2.75, 3.05) is 0 Å². The molecule has 0 rings (SSSR count). The zero-order valence-electron chi connectivity index (χ0n) is 4.61. The standard InChI is InChI=1S/C6H9F/c1-6(2)4-3-5-7/h3-5H,1-2H3/b5-3-. The lowest BCUT2D eigenvalue weighted by Crippen LogP contribution is -1.55. The molecule has 0 nitrogen and oxygen atoms in total. The molecule has 0 aromatic carbocycles. The fourth-order valence-corrected chi connectivity index (χ4v) is 0.229. The summed E-state index contributed by atoms with van der Waals surface area (Å²) in [5, 5.41) is 0. The van der Waals surface area contributed by atoms with Gasteiger partial charge >= 0.3 is 0 Å². The first kappa shape index (κ1) is 6.41. The van der Waals surface area contributed by atoms with Crippen molar-refractivity contribution < 1.29 is 4.39 Å². The van der Waals surface area contributed by atoms with Gasteiger partial charge in [-0.3, -0.25) is 0 Å². The molecule has 0 amide bonds. The van der Waals surface area contributed by atoms with Gasteiger partial charge < -0.3 is 0 Å². The summed E-state index contributed by atoms with van der Waals surface area (Å²) >= 11 is 0. The van der Waals surface area contributed by atoms with Crippen LogP contribution in [0.5, 0.6) is 0 Å². The van der Waals surface area contributed by atoms with Crippen molar-refractivity contribution in [3.05, 3.63) is 24.1 Å². The number of hydrogen-bond acceptors (Lipinski definition) is 0. The Morgan fingerprint density at radius 3 is 2.14 bits per heavy atom. The highest BCUT2D eigenvalue weighted by Gasteiger charge is 1.66. The quantitative estimate of drug-likeness (QED) is 0.444. The molecule has 0 atom stereocenters. The maximum atomic E-state index is 11.1. The van der Waals surface area contributed by atoms with E-state index in [0.29, 0.717) is 6.33 Å². The van der Waals surface area contributed by atoms with E-state index in [9.17, 15) is 4.39 Å². The second kappa shape index (κ2) is 3.59. The molecule has 0 unspecified atom stereocenters. The maximum absolute atomic E-state index is 11.1. The van der Waals surface area contributed by atoms with Gasteiger partial charge in [-0.05, 0) is 19.9 Å². The van der Waals surface area contributed by atoms with E-state index in [-0.39, 0.29) is 0 Å². The van der Waals surface area contributed by atoms with E-state index < -0.39 is 0 Å². The average molecular weight is 100 g/mol. The zero-order valence-corrected chi connectivity index (χ0v) is 4.61. The largest absolute Gasteiger partial charge is 0.216 e. The van der Waals surface area contributed by atoms with Gasteiger partial charge in [0.25, 0.3) is 0 Å². The molecule has 0 saturated heterocycles. The van der Waals surface area contributed by atoms with Crippen molar-refractivity contribution in [3.8, 4) is 0 Å². The first-order chi connectivity index (χ1) is 3.27. The van der Waals surface area contributed by atoms with E-state index in [1.165, 1.54) is 6.08 Å². The van der Waals surface area contributed by atoms with Crippen molar-refractivity contribution >= 4 is 0 Å². The highest BCUT2D eigenvalue weighted by molar-refractivity contribution is 5.05. The van der Waals surface area contributed by atoms with Crippen LogP contribution < -0.4 is 0 Å². The van der Waals surface area contributed by atoms with E-state index in [1.54, 1.807) is 6.08 Å². The van der Waals surface area contributed by atoms with Crippen LogP contribution in [0.3, 0.4) is 0 Å². The molecule has 0 saturated carbocycles. The lowest BCUT2D eigenvalue weighted by molar-refractivity contribution is 0.721. The molecule has 0 aliphatic heterocycles. The Balaban J connectivity index is 3.46. The van der Waals surface area contributed by atoms with Crippen molar-refractivity contribution in [2.24, 2.45) is 0 Å². The van der Waals surface area contributed by atoms with Gasteiger partial charge in [0, 0.05) is 0 Å². The van der Waals surface area contributed by atoms with E-state index in [2.05, 4.69) is 0 Å².